The first-order valence-electron chi connectivity index (χ1n) is 7.02. The van der Waals surface area contributed by atoms with E-state index in [9.17, 15) is 0 Å². The van der Waals surface area contributed by atoms with Crippen LogP contribution in [0.25, 0.3) is 11.5 Å². The maximum Gasteiger partial charge on any atom is 0.202 e. The topological polar surface area (TPSA) is 68.4 Å². The van der Waals surface area contributed by atoms with Crippen molar-refractivity contribution >= 4 is 0 Å². The number of aromatic nitrogens is 1. The smallest absolute Gasteiger partial charge is 0.202 e. The largest absolute Gasteiger partial charge is 0.461 e. The Morgan fingerprint density at radius 2 is 2.30 bits per heavy atom. The van der Waals surface area contributed by atoms with Crippen molar-refractivity contribution in [1.29, 1.82) is 0 Å². The number of likely N-dealkylation sites (tertiary alicyclic amines) is 1. The number of nitrogens with two attached hydrogens (primary N) is 1. The highest BCUT2D eigenvalue weighted by Gasteiger charge is 2.33. The maximum absolute atomic E-state index is 6.16. The van der Waals surface area contributed by atoms with Crippen molar-refractivity contribution in [1.82, 2.24) is 10.1 Å². The summed E-state index contributed by atoms with van der Waals surface area (Å²) in [5.41, 5.74) is 7.24. The third-order valence-electron chi connectivity index (χ3n) is 4.10. The third-order valence-corrected chi connectivity index (χ3v) is 4.10. The highest BCUT2D eigenvalue weighted by molar-refractivity contribution is 5.49. The van der Waals surface area contributed by atoms with Crippen LogP contribution in [0.4, 0.5) is 0 Å². The van der Waals surface area contributed by atoms with Gasteiger partial charge in [0.15, 0.2) is 5.76 Å². The second kappa shape index (κ2) is 5.07. The van der Waals surface area contributed by atoms with Gasteiger partial charge in [-0.2, -0.15) is 0 Å². The number of nitrogens with zero attached hydrogens (tertiary/aromatic N) is 2. The number of piperidine rings is 1. The highest BCUT2D eigenvalue weighted by Crippen LogP contribution is 2.29. The summed E-state index contributed by atoms with van der Waals surface area (Å²) in [5, 5.41) is 4.13. The monoisotopic (exact) mass is 275 g/mol. The summed E-state index contributed by atoms with van der Waals surface area (Å²) in [6.07, 6.45) is 2.65. The molecular weight excluding hydrogens is 254 g/mol. The Bertz CT molecular complexity index is 559. The van der Waals surface area contributed by atoms with E-state index >= 15 is 0 Å². The molecule has 1 aliphatic rings. The molecular formula is C15H21N3O2. The first-order chi connectivity index (χ1) is 9.54. The lowest BCUT2D eigenvalue weighted by Crippen LogP contribution is -2.52. The molecule has 2 N–H and O–H groups in total. The minimum Gasteiger partial charge on any atom is -0.461 e. The van der Waals surface area contributed by atoms with Crippen LogP contribution in [0.2, 0.25) is 0 Å². The predicted octanol–water partition coefficient (Wildman–Crippen LogP) is 2.49. The van der Waals surface area contributed by atoms with Gasteiger partial charge in [0.1, 0.15) is 0 Å². The molecule has 2 aromatic heterocycles. The van der Waals surface area contributed by atoms with E-state index in [-0.39, 0.29) is 11.5 Å². The van der Waals surface area contributed by atoms with Gasteiger partial charge in [-0.25, -0.2) is 0 Å². The molecule has 0 spiro atoms. The van der Waals surface area contributed by atoms with Gasteiger partial charge in [0.2, 0.25) is 5.76 Å². The highest BCUT2D eigenvalue weighted by atomic mass is 16.5. The van der Waals surface area contributed by atoms with Crippen molar-refractivity contribution in [3.63, 3.8) is 0 Å². The SMILES string of the molecule is CC1(C)CN(Cc2cc(-c3ccco3)on2)CCC1N. The maximum atomic E-state index is 6.16. The number of hydrogen-bond acceptors (Lipinski definition) is 5. The van der Waals surface area contributed by atoms with E-state index in [0.29, 0.717) is 11.5 Å². The van der Waals surface area contributed by atoms with Crippen LogP contribution in [-0.4, -0.2) is 29.2 Å². The summed E-state index contributed by atoms with van der Waals surface area (Å²) >= 11 is 0. The molecule has 1 aliphatic heterocycles. The molecule has 5 nitrogen and oxygen atoms in total. The molecule has 0 radical (unpaired) electrons. The van der Waals surface area contributed by atoms with Crippen LogP contribution in [0.1, 0.15) is 26.0 Å². The van der Waals surface area contributed by atoms with Crippen molar-refractivity contribution in [2.75, 3.05) is 13.1 Å². The quantitative estimate of drug-likeness (QED) is 0.932. The van der Waals surface area contributed by atoms with E-state index in [1.165, 1.54) is 0 Å². The van der Waals surface area contributed by atoms with Gasteiger partial charge in [-0.15, -0.1) is 0 Å². The molecule has 1 saturated heterocycles. The Morgan fingerprint density at radius 1 is 1.45 bits per heavy atom. The van der Waals surface area contributed by atoms with E-state index in [0.717, 1.165) is 31.7 Å². The molecule has 3 rings (SSSR count). The molecule has 0 saturated carbocycles. The molecule has 0 aliphatic carbocycles. The predicted molar refractivity (Wildman–Crippen MR) is 75.9 cm³/mol. The van der Waals surface area contributed by atoms with Gasteiger partial charge in [-0.1, -0.05) is 19.0 Å². The Balaban J connectivity index is 1.67. The van der Waals surface area contributed by atoms with Gasteiger partial charge >= 0.3 is 0 Å². The molecule has 108 valence electrons. The van der Waals surface area contributed by atoms with E-state index in [1.54, 1.807) is 6.26 Å². The second-order valence-corrected chi connectivity index (χ2v) is 6.25. The minimum atomic E-state index is 0.145. The molecule has 20 heavy (non-hydrogen) atoms. The average Bonchev–Trinajstić information content (AvgIpc) is 3.03. The van der Waals surface area contributed by atoms with Crippen LogP contribution in [0.3, 0.4) is 0 Å². The zero-order valence-corrected chi connectivity index (χ0v) is 12.0. The molecule has 1 atom stereocenters. The average molecular weight is 275 g/mol. The first-order valence-corrected chi connectivity index (χ1v) is 7.02. The fraction of sp³-hybridized carbons (Fsp3) is 0.533. The van der Waals surface area contributed by atoms with Crippen molar-refractivity contribution < 1.29 is 8.94 Å². The van der Waals surface area contributed by atoms with E-state index in [2.05, 4.69) is 23.9 Å². The first kappa shape index (κ1) is 13.4. The van der Waals surface area contributed by atoms with E-state index in [1.807, 2.05) is 18.2 Å². The summed E-state index contributed by atoms with van der Waals surface area (Å²) in [7, 11) is 0. The molecule has 1 unspecified atom stereocenters. The van der Waals surface area contributed by atoms with Gasteiger partial charge in [0, 0.05) is 31.7 Å². The van der Waals surface area contributed by atoms with E-state index < -0.39 is 0 Å². The fourth-order valence-electron chi connectivity index (χ4n) is 2.77. The van der Waals surface area contributed by atoms with E-state index in [4.69, 9.17) is 14.7 Å². The van der Waals surface area contributed by atoms with Crippen LogP contribution in [0.15, 0.2) is 33.4 Å². The van der Waals surface area contributed by atoms with Gasteiger partial charge in [-0.3, -0.25) is 4.90 Å². The normalized spacial score (nSPS) is 23.1. The summed E-state index contributed by atoms with van der Waals surface area (Å²) in [4.78, 5) is 2.38. The van der Waals surface area contributed by atoms with Gasteiger partial charge in [0.25, 0.3) is 0 Å². The second-order valence-electron chi connectivity index (χ2n) is 6.25. The zero-order chi connectivity index (χ0) is 14.2. The summed E-state index contributed by atoms with van der Waals surface area (Å²) in [6, 6.07) is 5.93. The van der Waals surface area contributed by atoms with Crippen LogP contribution >= 0.6 is 0 Å². The molecule has 1 fully saturated rings. The van der Waals surface area contributed by atoms with Crippen molar-refractivity contribution in [3.8, 4) is 11.5 Å². The number of hydrogen-bond donors (Lipinski definition) is 1. The van der Waals surface area contributed by atoms with Crippen LogP contribution < -0.4 is 5.73 Å². The van der Waals surface area contributed by atoms with Crippen LogP contribution in [0.5, 0.6) is 0 Å². The van der Waals surface area contributed by atoms with Crippen molar-refractivity contribution in [2.45, 2.75) is 32.9 Å². The van der Waals surface area contributed by atoms with Gasteiger partial charge in [-0.05, 0) is 24.0 Å². The molecule has 0 bridgehead atoms. The Hall–Kier alpha value is -1.59. The number of rotatable bonds is 3. The lowest BCUT2D eigenvalue weighted by atomic mass is 9.80. The van der Waals surface area contributed by atoms with Crippen LogP contribution in [-0.2, 0) is 6.54 Å². The van der Waals surface area contributed by atoms with Gasteiger partial charge in [0.05, 0.1) is 12.0 Å². The van der Waals surface area contributed by atoms with Crippen molar-refractivity contribution in [3.05, 3.63) is 30.2 Å². The summed E-state index contributed by atoms with van der Waals surface area (Å²) in [6.45, 7) is 7.23. The molecule has 0 aromatic carbocycles. The summed E-state index contributed by atoms with van der Waals surface area (Å²) in [5.74, 6) is 1.39. The Morgan fingerprint density at radius 3 is 3.00 bits per heavy atom. The van der Waals surface area contributed by atoms with Crippen molar-refractivity contribution in [2.24, 2.45) is 11.1 Å². The third kappa shape index (κ3) is 2.64. The fourth-order valence-corrected chi connectivity index (χ4v) is 2.77. The van der Waals surface area contributed by atoms with Gasteiger partial charge < -0.3 is 14.7 Å². The lowest BCUT2D eigenvalue weighted by molar-refractivity contribution is 0.0880. The summed E-state index contributed by atoms with van der Waals surface area (Å²) < 4.78 is 10.6. The number of furan rings is 1. The Kier molecular flexibility index (Phi) is 3.40. The molecule has 5 heteroatoms. The minimum absolute atomic E-state index is 0.145. The van der Waals surface area contributed by atoms with Crippen LogP contribution in [0, 0.1) is 5.41 Å². The standard InChI is InChI=1S/C15H21N3O2/c1-15(2)10-18(6-5-14(15)16)9-11-8-13(20-17-11)12-4-3-7-19-12/h3-4,7-8,14H,5-6,9-10,16H2,1-2H3. The molecule has 0 amide bonds. The lowest BCUT2D eigenvalue weighted by Gasteiger charge is -2.42. The Labute approximate surface area is 118 Å². The molecule has 2 aromatic rings. The zero-order valence-electron chi connectivity index (χ0n) is 12.0. The molecule has 3 heterocycles.